The van der Waals surface area contributed by atoms with Crippen molar-refractivity contribution >= 4 is 46.9 Å². The van der Waals surface area contributed by atoms with Gasteiger partial charge in [0.2, 0.25) is 0 Å². The van der Waals surface area contributed by atoms with Gasteiger partial charge in [0.25, 0.3) is 0 Å². The largest absolute Gasteiger partial charge is 0.488 e. The highest BCUT2D eigenvalue weighted by molar-refractivity contribution is 6.42. The molecule has 0 heterocycles. The quantitative estimate of drug-likeness (QED) is 0.315. The van der Waals surface area contributed by atoms with Crippen LogP contribution in [0, 0.1) is 5.82 Å². The smallest absolute Gasteiger partial charge is 0.329 e. The molecule has 0 spiro atoms. The Morgan fingerprint density at radius 1 is 0.968 bits per heavy atom. The van der Waals surface area contributed by atoms with Crippen LogP contribution < -0.4 is 15.5 Å². The average molecular weight is 460 g/mol. The molecule has 0 aliphatic rings. The fourth-order valence-electron chi connectivity index (χ4n) is 2.46. The second-order valence-electron chi connectivity index (χ2n) is 6.21. The van der Waals surface area contributed by atoms with E-state index in [-0.39, 0.29) is 12.3 Å². The van der Waals surface area contributed by atoms with Gasteiger partial charge >= 0.3 is 11.8 Å². The Hall–Kier alpha value is -3.42. The number of nitrogens with zero attached hydrogens (tertiary/aromatic N) is 1. The Labute approximate surface area is 187 Å². The molecular weight excluding hydrogens is 444 g/mol. The monoisotopic (exact) mass is 459 g/mol. The zero-order chi connectivity index (χ0) is 22.2. The zero-order valence-electron chi connectivity index (χ0n) is 15.9. The molecule has 31 heavy (non-hydrogen) atoms. The number of para-hydroxylation sites is 2. The molecule has 0 saturated carbocycles. The molecule has 3 rings (SSSR count). The number of benzene rings is 3. The van der Waals surface area contributed by atoms with Gasteiger partial charge < -0.3 is 10.1 Å². The molecule has 3 aromatic carbocycles. The third-order valence-electron chi connectivity index (χ3n) is 4.00. The standard InChI is InChI=1S/C22H16Cl2FN3O3/c23-16-10-9-14(11-17(16)24)13-31-20-8-4-1-5-15(20)12-26-28-22(30)21(29)27-19-7-3-2-6-18(19)25/h1-12H,13H2,(H,27,29)(H,28,30)/b26-12-. The van der Waals surface area contributed by atoms with Crippen molar-refractivity contribution in [3.8, 4) is 5.75 Å². The van der Waals surface area contributed by atoms with E-state index >= 15 is 0 Å². The first-order chi connectivity index (χ1) is 14.9. The number of halogens is 3. The lowest BCUT2D eigenvalue weighted by molar-refractivity contribution is -0.136. The molecule has 0 unspecified atom stereocenters. The number of amides is 2. The van der Waals surface area contributed by atoms with Crippen LogP contribution in [0.2, 0.25) is 10.0 Å². The fourth-order valence-corrected chi connectivity index (χ4v) is 2.78. The fraction of sp³-hybridized carbons (Fsp3) is 0.0455. The minimum Gasteiger partial charge on any atom is -0.488 e. The number of hydrogen-bond acceptors (Lipinski definition) is 4. The highest BCUT2D eigenvalue weighted by Gasteiger charge is 2.14. The number of carbonyl (C=O) groups excluding carboxylic acids is 2. The van der Waals surface area contributed by atoms with Crippen LogP contribution in [0.1, 0.15) is 11.1 Å². The summed E-state index contributed by atoms with van der Waals surface area (Å²) in [5.41, 5.74) is 3.38. The van der Waals surface area contributed by atoms with Gasteiger partial charge in [0.15, 0.2) is 0 Å². The van der Waals surface area contributed by atoms with E-state index in [0.29, 0.717) is 21.4 Å². The van der Waals surface area contributed by atoms with Gasteiger partial charge in [-0.15, -0.1) is 0 Å². The van der Waals surface area contributed by atoms with Crippen LogP contribution in [0.15, 0.2) is 71.8 Å². The summed E-state index contributed by atoms with van der Waals surface area (Å²) in [6.45, 7) is 0.235. The summed E-state index contributed by atoms with van der Waals surface area (Å²) in [6.07, 6.45) is 1.33. The molecule has 2 amide bonds. The second-order valence-corrected chi connectivity index (χ2v) is 7.02. The predicted octanol–water partition coefficient (Wildman–Crippen LogP) is 4.80. The molecule has 0 aliphatic carbocycles. The molecule has 6 nitrogen and oxygen atoms in total. The van der Waals surface area contributed by atoms with E-state index in [2.05, 4.69) is 15.8 Å². The summed E-state index contributed by atoms with van der Waals surface area (Å²) in [5, 5.41) is 6.82. The van der Waals surface area contributed by atoms with Crippen LogP contribution >= 0.6 is 23.2 Å². The Morgan fingerprint density at radius 3 is 2.48 bits per heavy atom. The van der Waals surface area contributed by atoms with E-state index in [4.69, 9.17) is 27.9 Å². The molecular formula is C22H16Cl2FN3O3. The Balaban J connectivity index is 1.59. The van der Waals surface area contributed by atoms with E-state index < -0.39 is 17.6 Å². The first-order valence-corrected chi connectivity index (χ1v) is 9.74. The number of nitrogens with one attached hydrogen (secondary N) is 2. The van der Waals surface area contributed by atoms with Crippen molar-refractivity contribution in [2.75, 3.05) is 5.32 Å². The topological polar surface area (TPSA) is 79.8 Å². The number of ether oxygens (including phenoxy) is 1. The van der Waals surface area contributed by atoms with Crippen molar-refractivity contribution in [1.29, 1.82) is 0 Å². The van der Waals surface area contributed by atoms with Crippen LogP contribution in [-0.4, -0.2) is 18.0 Å². The van der Waals surface area contributed by atoms with E-state index in [0.717, 1.165) is 5.56 Å². The molecule has 158 valence electrons. The van der Waals surface area contributed by atoms with Crippen molar-refractivity contribution in [1.82, 2.24) is 5.43 Å². The molecule has 3 aromatic rings. The number of hydrogen-bond donors (Lipinski definition) is 2. The molecule has 9 heteroatoms. The van der Waals surface area contributed by atoms with Gasteiger partial charge in [-0.3, -0.25) is 9.59 Å². The van der Waals surface area contributed by atoms with Crippen molar-refractivity contribution in [2.45, 2.75) is 6.61 Å². The van der Waals surface area contributed by atoms with Gasteiger partial charge in [0.1, 0.15) is 18.2 Å². The summed E-state index contributed by atoms with van der Waals surface area (Å²) >= 11 is 11.9. The number of anilines is 1. The SMILES string of the molecule is O=C(N/N=C\c1ccccc1OCc1ccc(Cl)c(Cl)c1)C(=O)Nc1ccccc1F. The van der Waals surface area contributed by atoms with Gasteiger partial charge in [0.05, 0.1) is 21.9 Å². The van der Waals surface area contributed by atoms with Crippen molar-refractivity contribution in [3.63, 3.8) is 0 Å². The summed E-state index contributed by atoms with van der Waals surface area (Å²) in [5.74, 6) is -2.25. The second kappa shape index (κ2) is 10.6. The van der Waals surface area contributed by atoms with Crippen LogP contribution in [-0.2, 0) is 16.2 Å². The maximum Gasteiger partial charge on any atom is 0.329 e. The maximum absolute atomic E-state index is 13.6. The third kappa shape index (κ3) is 6.28. The Kier molecular flexibility index (Phi) is 7.59. The minimum atomic E-state index is -1.05. The lowest BCUT2D eigenvalue weighted by Crippen LogP contribution is -2.32. The predicted molar refractivity (Wildman–Crippen MR) is 118 cm³/mol. The van der Waals surface area contributed by atoms with Crippen LogP contribution in [0.25, 0.3) is 0 Å². The van der Waals surface area contributed by atoms with E-state index in [1.165, 1.54) is 30.5 Å². The van der Waals surface area contributed by atoms with Crippen molar-refractivity contribution < 1.29 is 18.7 Å². The van der Waals surface area contributed by atoms with E-state index in [1.807, 2.05) is 0 Å². The van der Waals surface area contributed by atoms with E-state index in [1.54, 1.807) is 42.5 Å². The first-order valence-electron chi connectivity index (χ1n) is 8.98. The molecule has 0 aromatic heterocycles. The summed E-state index contributed by atoms with van der Waals surface area (Å²) < 4.78 is 19.4. The Bertz CT molecular complexity index is 1140. The molecule has 0 aliphatic heterocycles. The summed E-state index contributed by atoms with van der Waals surface area (Å²) in [7, 11) is 0. The highest BCUT2D eigenvalue weighted by atomic mass is 35.5. The van der Waals surface area contributed by atoms with Crippen LogP contribution in [0.4, 0.5) is 10.1 Å². The van der Waals surface area contributed by atoms with Gasteiger partial charge in [-0.1, -0.05) is 53.5 Å². The maximum atomic E-state index is 13.6. The normalized spacial score (nSPS) is 10.7. The molecule has 0 bridgehead atoms. The lowest BCUT2D eigenvalue weighted by Gasteiger charge is -2.09. The molecule has 2 N–H and O–H groups in total. The number of rotatable bonds is 6. The van der Waals surface area contributed by atoms with Crippen molar-refractivity contribution in [2.24, 2.45) is 5.10 Å². The first kappa shape index (κ1) is 22.3. The molecule has 0 radical (unpaired) electrons. The van der Waals surface area contributed by atoms with Crippen molar-refractivity contribution in [3.05, 3.63) is 93.7 Å². The third-order valence-corrected chi connectivity index (χ3v) is 4.73. The minimum absolute atomic E-state index is 0.104. The molecule has 0 saturated heterocycles. The Morgan fingerprint density at radius 2 is 1.71 bits per heavy atom. The number of carbonyl (C=O) groups is 2. The van der Waals surface area contributed by atoms with Gasteiger partial charge in [0, 0.05) is 5.56 Å². The van der Waals surface area contributed by atoms with Gasteiger partial charge in [-0.05, 0) is 42.0 Å². The van der Waals surface area contributed by atoms with Crippen LogP contribution in [0.3, 0.4) is 0 Å². The molecule has 0 atom stereocenters. The van der Waals surface area contributed by atoms with Gasteiger partial charge in [-0.2, -0.15) is 5.10 Å². The number of hydrazone groups is 1. The zero-order valence-corrected chi connectivity index (χ0v) is 17.5. The lowest BCUT2D eigenvalue weighted by atomic mass is 10.2. The average Bonchev–Trinajstić information content (AvgIpc) is 2.76. The van der Waals surface area contributed by atoms with E-state index in [9.17, 15) is 14.0 Å². The summed E-state index contributed by atoms with van der Waals surface area (Å²) in [6, 6.07) is 17.7. The highest BCUT2D eigenvalue weighted by Crippen LogP contribution is 2.24. The van der Waals surface area contributed by atoms with Crippen LogP contribution in [0.5, 0.6) is 5.75 Å². The molecule has 0 fully saturated rings. The summed E-state index contributed by atoms with van der Waals surface area (Å²) in [4.78, 5) is 23.8. The van der Waals surface area contributed by atoms with Gasteiger partial charge in [-0.25, -0.2) is 9.82 Å².